The highest BCUT2D eigenvalue weighted by Gasteiger charge is 2.26. The highest BCUT2D eigenvalue weighted by Crippen LogP contribution is 2.25. The number of ether oxygens (including phenoxy) is 1. The Hall–Kier alpha value is -1.36. The molecule has 0 radical (unpaired) electrons. The van der Waals surface area contributed by atoms with Gasteiger partial charge in [0, 0.05) is 31.7 Å². The van der Waals surface area contributed by atoms with Crippen LogP contribution in [0.5, 0.6) is 0 Å². The van der Waals surface area contributed by atoms with Gasteiger partial charge in [0.25, 0.3) is 0 Å². The van der Waals surface area contributed by atoms with Crippen LogP contribution in [0.3, 0.4) is 0 Å². The van der Waals surface area contributed by atoms with Gasteiger partial charge in [0.1, 0.15) is 18.0 Å². The SMILES string of the molecule is CCc1c(NC)ncnc1NCC1CCOC1CC. The fourth-order valence-electron chi connectivity index (χ4n) is 2.72. The molecule has 2 atom stereocenters. The molecule has 5 nitrogen and oxygen atoms in total. The third-order valence-electron chi connectivity index (χ3n) is 3.82. The summed E-state index contributed by atoms with van der Waals surface area (Å²) in [5.41, 5.74) is 1.15. The van der Waals surface area contributed by atoms with Gasteiger partial charge in [-0.1, -0.05) is 13.8 Å². The zero-order valence-corrected chi connectivity index (χ0v) is 12.1. The summed E-state index contributed by atoms with van der Waals surface area (Å²) in [5.74, 6) is 2.45. The van der Waals surface area contributed by atoms with Gasteiger partial charge in [0.2, 0.25) is 0 Å². The molecule has 0 aliphatic carbocycles. The van der Waals surface area contributed by atoms with Gasteiger partial charge >= 0.3 is 0 Å². The molecule has 0 bridgehead atoms. The lowest BCUT2D eigenvalue weighted by Crippen LogP contribution is -2.23. The minimum Gasteiger partial charge on any atom is -0.378 e. The van der Waals surface area contributed by atoms with Gasteiger partial charge in [-0.3, -0.25) is 0 Å². The topological polar surface area (TPSA) is 59.1 Å². The average molecular weight is 264 g/mol. The van der Waals surface area contributed by atoms with Crippen LogP contribution < -0.4 is 10.6 Å². The number of rotatable bonds is 6. The quantitative estimate of drug-likeness (QED) is 0.825. The summed E-state index contributed by atoms with van der Waals surface area (Å²) in [6.07, 6.45) is 5.13. The molecular formula is C14H24N4O. The van der Waals surface area contributed by atoms with Crippen molar-refractivity contribution in [3.63, 3.8) is 0 Å². The Morgan fingerprint density at radius 3 is 2.79 bits per heavy atom. The third-order valence-corrected chi connectivity index (χ3v) is 3.82. The molecule has 2 heterocycles. The van der Waals surface area contributed by atoms with E-state index in [9.17, 15) is 0 Å². The number of hydrogen-bond acceptors (Lipinski definition) is 5. The molecule has 1 fully saturated rings. The van der Waals surface area contributed by atoms with Crippen LogP contribution in [0.4, 0.5) is 11.6 Å². The molecule has 1 aliphatic heterocycles. The van der Waals surface area contributed by atoms with Crippen LogP contribution in [0.1, 0.15) is 32.3 Å². The van der Waals surface area contributed by atoms with Crippen LogP contribution in [0.15, 0.2) is 6.33 Å². The largest absolute Gasteiger partial charge is 0.378 e. The normalized spacial score (nSPS) is 22.5. The number of nitrogens with zero attached hydrogens (tertiary/aromatic N) is 2. The molecule has 2 N–H and O–H groups in total. The summed E-state index contributed by atoms with van der Waals surface area (Å²) >= 11 is 0. The molecule has 19 heavy (non-hydrogen) atoms. The van der Waals surface area contributed by atoms with Crippen LogP contribution in [-0.2, 0) is 11.2 Å². The summed E-state index contributed by atoms with van der Waals surface area (Å²) in [6, 6.07) is 0. The first-order valence-electron chi connectivity index (χ1n) is 7.17. The van der Waals surface area contributed by atoms with E-state index in [-0.39, 0.29) is 0 Å². The lowest BCUT2D eigenvalue weighted by molar-refractivity contribution is 0.0900. The summed E-state index contributed by atoms with van der Waals surface area (Å²) in [4.78, 5) is 8.62. The Labute approximate surface area is 115 Å². The summed E-state index contributed by atoms with van der Waals surface area (Å²) in [5, 5.41) is 6.59. The number of aromatic nitrogens is 2. The Bertz CT molecular complexity index is 410. The molecular weight excluding hydrogens is 240 g/mol. The Morgan fingerprint density at radius 1 is 1.32 bits per heavy atom. The molecule has 5 heteroatoms. The van der Waals surface area contributed by atoms with Gasteiger partial charge in [0.15, 0.2) is 0 Å². The first-order valence-corrected chi connectivity index (χ1v) is 7.17. The molecule has 1 aromatic rings. The molecule has 2 unspecified atom stereocenters. The van der Waals surface area contributed by atoms with E-state index in [1.807, 2.05) is 7.05 Å². The van der Waals surface area contributed by atoms with Crippen LogP contribution in [0, 0.1) is 5.92 Å². The van der Waals surface area contributed by atoms with E-state index in [0.717, 1.165) is 49.6 Å². The van der Waals surface area contributed by atoms with Crippen molar-refractivity contribution < 1.29 is 4.74 Å². The second kappa shape index (κ2) is 6.70. The van der Waals surface area contributed by atoms with E-state index < -0.39 is 0 Å². The van der Waals surface area contributed by atoms with E-state index >= 15 is 0 Å². The first kappa shape index (κ1) is 14.1. The van der Waals surface area contributed by atoms with Crippen molar-refractivity contribution in [3.8, 4) is 0 Å². The fourth-order valence-corrected chi connectivity index (χ4v) is 2.72. The van der Waals surface area contributed by atoms with Gasteiger partial charge in [-0.2, -0.15) is 0 Å². The van der Waals surface area contributed by atoms with Crippen molar-refractivity contribution in [1.29, 1.82) is 0 Å². The summed E-state index contributed by atoms with van der Waals surface area (Å²) < 4.78 is 5.72. The standard InChI is InChI=1S/C14H24N4O/c1-4-11-13(15-3)17-9-18-14(11)16-8-10-6-7-19-12(10)5-2/h9-10,12H,4-8H2,1-3H3,(H2,15,16,17,18). The lowest BCUT2D eigenvalue weighted by atomic mass is 9.99. The number of anilines is 2. The zero-order valence-electron chi connectivity index (χ0n) is 12.1. The molecule has 0 saturated carbocycles. The highest BCUT2D eigenvalue weighted by molar-refractivity contribution is 5.57. The average Bonchev–Trinajstić information content (AvgIpc) is 2.91. The smallest absolute Gasteiger partial charge is 0.134 e. The Morgan fingerprint density at radius 2 is 2.11 bits per heavy atom. The summed E-state index contributed by atoms with van der Waals surface area (Å²) in [6.45, 7) is 6.12. The van der Waals surface area contributed by atoms with Crippen molar-refractivity contribution >= 4 is 11.6 Å². The first-order chi connectivity index (χ1) is 9.30. The molecule has 1 aromatic heterocycles. The van der Waals surface area contributed by atoms with Crippen molar-refractivity contribution in [2.24, 2.45) is 5.92 Å². The monoisotopic (exact) mass is 264 g/mol. The Kier molecular flexibility index (Phi) is 4.96. The maximum Gasteiger partial charge on any atom is 0.134 e. The molecule has 1 saturated heterocycles. The van der Waals surface area contributed by atoms with E-state index in [1.165, 1.54) is 0 Å². The van der Waals surface area contributed by atoms with E-state index in [0.29, 0.717) is 12.0 Å². The zero-order chi connectivity index (χ0) is 13.7. The molecule has 0 amide bonds. The second-order valence-corrected chi connectivity index (χ2v) is 4.90. The maximum atomic E-state index is 5.72. The predicted octanol–water partition coefficient (Wildman–Crippen LogP) is 2.31. The van der Waals surface area contributed by atoms with Gasteiger partial charge in [-0.25, -0.2) is 9.97 Å². The fraction of sp³-hybridized carbons (Fsp3) is 0.714. The molecule has 2 rings (SSSR count). The molecule has 0 spiro atoms. The van der Waals surface area contributed by atoms with Gasteiger partial charge in [0.05, 0.1) is 6.10 Å². The molecule has 106 valence electrons. The van der Waals surface area contributed by atoms with Gasteiger partial charge in [-0.05, 0) is 19.3 Å². The highest BCUT2D eigenvalue weighted by atomic mass is 16.5. The lowest BCUT2D eigenvalue weighted by Gasteiger charge is -2.19. The minimum atomic E-state index is 0.392. The van der Waals surface area contributed by atoms with Gasteiger partial charge < -0.3 is 15.4 Å². The van der Waals surface area contributed by atoms with Crippen molar-refractivity contribution in [1.82, 2.24) is 9.97 Å². The van der Waals surface area contributed by atoms with Crippen molar-refractivity contribution in [2.45, 2.75) is 39.2 Å². The van der Waals surface area contributed by atoms with Crippen LogP contribution in [-0.4, -0.2) is 36.3 Å². The minimum absolute atomic E-state index is 0.392. The summed E-state index contributed by atoms with van der Waals surface area (Å²) in [7, 11) is 1.89. The van der Waals surface area contributed by atoms with Crippen LogP contribution in [0.2, 0.25) is 0 Å². The predicted molar refractivity (Wildman–Crippen MR) is 77.6 cm³/mol. The van der Waals surface area contributed by atoms with Crippen LogP contribution in [0.25, 0.3) is 0 Å². The van der Waals surface area contributed by atoms with Crippen molar-refractivity contribution in [3.05, 3.63) is 11.9 Å². The Balaban J connectivity index is 2.03. The van der Waals surface area contributed by atoms with Gasteiger partial charge in [-0.15, -0.1) is 0 Å². The maximum absolute atomic E-state index is 5.72. The van der Waals surface area contributed by atoms with E-state index in [4.69, 9.17) is 4.74 Å². The third kappa shape index (κ3) is 3.15. The second-order valence-electron chi connectivity index (χ2n) is 4.90. The van der Waals surface area contributed by atoms with Crippen molar-refractivity contribution in [2.75, 3.05) is 30.8 Å². The molecule has 1 aliphatic rings. The molecule has 0 aromatic carbocycles. The van der Waals surface area contributed by atoms with Crippen LogP contribution >= 0.6 is 0 Å². The van der Waals surface area contributed by atoms with E-state index in [2.05, 4.69) is 34.4 Å². The number of nitrogens with one attached hydrogen (secondary N) is 2. The number of hydrogen-bond donors (Lipinski definition) is 2. The van der Waals surface area contributed by atoms with E-state index in [1.54, 1.807) is 6.33 Å².